The average molecular weight is 362 g/mol. The Morgan fingerprint density at radius 3 is 2.23 bits per heavy atom. The Kier molecular flexibility index (Phi) is 10.2. The predicted molar refractivity (Wildman–Crippen MR) is 101 cm³/mol. The summed E-state index contributed by atoms with van der Waals surface area (Å²) in [5, 5.41) is 29.1. The van der Waals surface area contributed by atoms with Gasteiger partial charge in [0.1, 0.15) is 5.82 Å². The predicted octanol–water partition coefficient (Wildman–Crippen LogP) is 2.65. The van der Waals surface area contributed by atoms with Crippen molar-refractivity contribution in [2.45, 2.75) is 19.4 Å². The van der Waals surface area contributed by atoms with Gasteiger partial charge in [0.15, 0.2) is 0 Å². The molecule has 0 unspecified atom stereocenters. The van der Waals surface area contributed by atoms with Gasteiger partial charge in [-0.3, -0.25) is 0 Å². The Morgan fingerprint density at radius 2 is 1.73 bits per heavy atom. The molecule has 0 saturated heterocycles. The minimum atomic E-state index is -0.263. The molecule has 0 aliphatic heterocycles. The van der Waals surface area contributed by atoms with Crippen LogP contribution in [-0.4, -0.2) is 53.8 Å². The largest absolute Gasteiger partial charge is 0.411 e. The smallest absolute Gasteiger partial charge is 0.123 e. The van der Waals surface area contributed by atoms with Crippen molar-refractivity contribution in [1.29, 1.82) is 0 Å². The van der Waals surface area contributed by atoms with Gasteiger partial charge >= 0.3 is 0 Å². The van der Waals surface area contributed by atoms with E-state index in [9.17, 15) is 9.50 Å². The lowest BCUT2D eigenvalue weighted by atomic mass is 9.98. The molecule has 5 nitrogen and oxygen atoms in total. The molecular formula is C20H27FN2O3. The average Bonchev–Trinajstić information content (AvgIpc) is 2.63. The molecule has 2 rings (SSSR count). The van der Waals surface area contributed by atoms with E-state index in [4.69, 9.17) is 10.3 Å². The minimum absolute atomic E-state index is 0.0936. The molecule has 0 bridgehead atoms. The van der Waals surface area contributed by atoms with Gasteiger partial charge in [-0.25, -0.2) is 4.39 Å². The molecule has 0 amide bonds. The Labute approximate surface area is 154 Å². The number of hydrogen-bond donors (Lipinski definition) is 3. The number of halogens is 1. The van der Waals surface area contributed by atoms with E-state index in [1.54, 1.807) is 24.3 Å². The van der Waals surface area contributed by atoms with Crippen molar-refractivity contribution < 1.29 is 19.8 Å². The summed E-state index contributed by atoms with van der Waals surface area (Å²) in [6, 6.07) is 11.7. The lowest BCUT2D eigenvalue weighted by molar-refractivity contribution is 0.263. The van der Waals surface area contributed by atoms with E-state index in [1.165, 1.54) is 18.3 Å². The highest BCUT2D eigenvalue weighted by molar-refractivity contribution is 5.79. The number of aliphatic hydroxyl groups excluding tert-OH is 2. The van der Waals surface area contributed by atoms with Crippen LogP contribution in [0.5, 0.6) is 0 Å². The van der Waals surface area contributed by atoms with Crippen molar-refractivity contribution in [3.63, 3.8) is 0 Å². The maximum Gasteiger partial charge on any atom is 0.123 e. The van der Waals surface area contributed by atoms with Crippen molar-refractivity contribution >= 4 is 6.21 Å². The molecule has 0 saturated carbocycles. The van der Waals surface area contributed by atoms with E-state index in [2.05, 4.69) is 10.1 Å². The zero-order valence-electron chi connectivity index (χ0n) is 15.3. The Balaban J connectivity index is 0.000000412. The molecule has 2 aromatic rings. The van der Waals surface area contributed by atoms with Crippen molar-refractivity contribution in [2.24, 2.45) is 5.16 Å². The lowest BCUT2D eigenvalue weighted by Crippen LogP contribution is -2.13. The summed E-state index contributed by atoms with van der Waals surface area (Å²) >= 11 is 0. The van der Waals surface area contributed by atoms with E-state index < -0.39 is 0 Å². The van der Waals surface area contributed by atoms with Gasteiger partial charge in [0.25, 0.3) is 0 Å². The van der Waals surface area contributed by atoms with Crippen molar-refractivity contribution in [3.05, 3.63) is 70.5 Å². The summed E-state index contributed by atoms with van der Waals surface area (Å²) in [7, 11) is 3.99. The SMILES string of the molecule is CN(C)CCCO.OCc1cc(C=NO)ccc1Cc1ccc(F)cc1. The Morgan fingerprint density at radius 1 is 1.04 bits per heavy atom. The Bertz CT molecular complexity index is 673. The van der Waals surface area contributed by atoms with Gasteiger partial charge in [0.2, 0.25) is 0 Å². The van der Waals surface area contributed by atoms with Crippen LogP contribution in [0.1, 0.15) is 28.7 Å². The lowest BCUT2D eigenvalue weighted by Gasteiger charge is -2.08. The van der Waals surface area contributed by atoms with Gasteiger partial charge in [-0.2, -0.15) is 0 Å². The summed E-state index contributed by atoms with van der Waals surface area (Å²) in [6.07, 6.45) is 2.81. The van der Waals surface area contributed by atoms with E-state index >= 15 is 0 Å². The fraction of sp³-hybridized carbons (Fsp3) is 0.350. The number of rotatable bonds is 7. The first-order valence-electron chi connectivity index (χ1n) is 8.40. The summed E-state index contributed by atoms with van der Waals surface area (Å²) in [5.74, 6) is -0.263. The van der Waals surface area contributed by atoms with Crippen LogP contribution in [-0.2, 0) is 13.0 Å². The van der Waals surface area contributed by atoms with E-state index in [-0.39, 0.29) is 12.4 Å². The molecule has 26 heavy (non-hydrogen) atoms. The molecule has 0 fully saturated rings. The molecule has 0 spiro atoms. The first kappa shape index (κ1) is 21.8. The minimum Gasteiger partial charge on any atom is -0.411 e. The quantitative estimate of drug-likeness (QED) is 0.402. The van der Waals surface area contributed by atoms with Crippen LogP contribution in [0.2, 0.25) is 0 Å². The van der Waals surface area contributed by atoms with Gasteiger partial charge in [0.05, 0.1) is 12.8 Å². The van der Waals surface area contributed by atoms with E-state index in [0.717, 1.165) is 35.2 Å². The zero-order chi connectivity index (χ0) is 19.4. The summed E-state index contributed by atoms with van der Waals surface area (Å²) in [5.41, 5.74) is 3.42. The number of aliphatic hydroxyl groups is 2. The van der Waals surface area contributed by atoms with Crippen molar-refractivity contribution in [2.75, 3.05) is 27.2 Å². The summed E-state index contributed by atoms with van der Waals surface area (Å²) < 4.78 is 12.8. The third kappa shape index (κ3) is 8.20. The first-order chi connectivity index (χ1) is 12.5. The van der Waals surface area contributed by atoms with Gasteiger partial charge in [0, 0.05) is 6.61 Å². The number of oxime groups is 1. The van der Waals surface area contributed by atoms with Crippen LogP contribution in [0, 0.1) is 5.82 Å². The second-order valence-corrected chi connectivity index (χ2v) is 6.11. The summed E-state index contributed by atoms with van der Waals surface area (Å²) in [4.78, 5) is 2.05. The van der Waals surface area contributed by atoms with Crippen LogP contribution in [0.15, 0.2) is 47.6 Å². The third-order valence-corrected chi connectivity index (χ3v) is 3.68. The number of benzene rings is 2. The molecule has 142 valence electrons. The molecule has 0 radical (unpaired) electrons. The molecule has 0 aromatic heterocycles. The fourth-order valence-corrected chi connectivity index (χ4v) is 2.32. The molecule has 3 N–H and O–H groups in total. The zero-order valence-corrected chi connectivity index (χ0v) is 15.3. The van der Waals surface area contributed by atoms with Gasteiger partial charge in [-0.15, -0.1) is 0 Å². The van der Waals surface area contributed by atoms with Crippen molar-refractivity contribution in [1.82, 2.24) is 4.90 Å². The highest BCUT2D eigenvalue weighted by atomic mass is 19.1. The van der Waals surface area contributed by atoms with E-state index in [1.807, 2.05) is 20.2 Å². The second-order valence-electron chi connectivity index (χ2n) is 6.11. The number of nitrogens with zero attached hydrogens (tertiary/aromatic N) is 2. The third-order valence-electron chi connectivity index (χ3n) is 3.68. The highest BCUT2D eigenvalue weighted by Crippen LogP contribution is 2.16. The molecular weight excluding hydrogens is 335 g/mol. The van der Waals surface area contributed by atoms with E-state index in [0.29, 0.717) is 13.0 Å². The second kappa shape index (κ2) is 12.1. The molecule has 0 heterocycles. The monoisotopic (exact) mass is 362 g/mol. The highest BCUT2D eigenvalue weighted by Gasteiger charge is 2.04. The van der Waals surface area contributed by atoms with Crippen molar-refractivity contribution in [3.8, 4) is 0 Å². The number of hydrogen-bond acceptors (Lipinski definition) is 5. The van der Waals surface area contributed by atoms with Crippen LogP contribution >= 0.6 is 0 Å². The fourth-order valence-electron chi connectivity index (χ4n) is 2.32. The Hall–Kier alpha value is -2.28. The van der Waals surface area contributed by atoms with Crippen LogP contribution in [0.4, 0.5) is 4.39 Å². The molecule has 0 atom stereocenters. The molecule has 0 aliphatic rings. The normalized spacial score (nSPS) is 10.8. The molecule has 6 heteroatoms. The van der Waals surface area contributed by atoms with Crippen LogP contribution in [0.25, 0.3) is 0 Å². The maximum atomic E-state index is 12.8. The van der Waals surface area contributed by atoms with Gasteiger partial charge < -0.3 is 20.3 Å². The molecule has 0 aliphatic carbocycles. The molecule has 2 aromatic carbocycles. The van der Waals surface area contributed by atoms with Gasteiger partial charge in [-0.1, -0.05) is 29.4 Å². The topological polar surface area (TPSA) is 76.3 Å². The van der Waals surface area contributed by atoms with Crippen LogP contribution < -0.4 is 0 Å². The maximum absolute atomic E-state index is 12.8. The summed E-state index contributed by atoms with van der Waals surface area (Å²) in [6.45, 7) is 1.19. The van der Waals surface area contributed by atoms with Crippen LogP contribution in [0.3, 0.4) is 0 Å². The first-order valence-corrected chi connectivity index (χ1v) is 8.40. The van der Waals surface area contributed by atoms with Gasteiger partial charge in [-0.05, 0) is 73.9 Å². The standard InChI is InChI=1S/C15H14FNO2.C5H13NO/c16-15-5-2-11(3-6-15)7-13-4-1-12(9-17-19)8-14(13)10-18;1-6(2)4-3-5-7/h1-6,8-9,18-19H,7,10H2;7H,3-5H2,1-2H3.